The van der Waals surface area contributed by atoms with Gasteiger partial charge in [0.1, 0.15) is 0 Å². The second kappa shape index (κ2) is 6.39. The molecule has 112 valence electrons. The standard InChI is InChI=1S/C15H26N4O/c1-9(2)11(10(3)4)6-17-15(20)13-5-12-14(7-16-13)19-8-18-12/h8-11,13,16H,5-7H2,1-4H3,(H,17,20)(H,18,19). The van der Waals surface area contributed by atoms with Crippen LogP contribution in [0.4, 0.5) is 0 Å². The van der Waals surface area contributed by atoms with Crippen LogP contribution in [0.25, 0.3) is 0 Å². The lowest BCUT2D eigenvalue weighted by Gasteiger charge is -2.27. The average Bonchev–Trinajstić information content (AvgIpc) is 2.84. The number of fused-ring (bicyclic) bond motifs is 1. The summed E-state index contributed by atoms with van der Waals surface area (Å²) in [6.45, 7) is 10.3. The molecule has 0 saturated carbocycles. The summed E-state index contributed by atoms with van der Waals surface area (Å²) < 4.78 is 0. The van der Waals surface area contributed by atoms with Crippen molar-refractivity contribution in [3.63, 3.8) is 0 Å². The quantitative estimate of drug-likeness (QED) is 0.764. The molecular weight excluding hydrogens is 252 g/mol. The van der Waals surface area contributed by atoms with Crippen molar-refractivity contribution in [1.82, 2.24) is 20.6 Å². The maximum atomic E-state index is 12.3. The maximum absolute atomic E-state index is 12.3. The molecule has 0 aromatic carbocycles. The summed E-state index contributed by atoms with van der Waals surface area (Å²) >= 11 is 0. The van der Waals surface area contributed by atoms with Crippen LogP contribution in [-0.4, -0.2) is 28.5 Å². The Balaban J connectivity index is 1.87. The zero-order valence-electron chi connectivity index (χ0n) is 12.9. The van der Waals surface area contributed by atoms with Gasteiger partial charge in [-0.2, -0.15) is 0 Å². The number of imidazole rings is 1. The third-order valence-corrected chi connectivity index (χ3v) is 4.27. The second-order valence-corrected chi connectivity index (χ2v) is 6.36. The number of hydrogen-bond donors (Lipinski definition) is 3. The van der Waals surface area contributed by atoms with Crippen molar-refractivity contribution in [3.8, 4) is 0 Å². The lowest BCUT2D eigenvalue weighted by Crippen LogP contribution is -2.49. The number of carbonyl (C=O) groups is 1. The zero-order chi connectivity index (χ0) is 14.7. The molecule has 1 aromatic rings. The first kappa shape index (κ1) is 15.0. The van der Waals surface area contributed by atoms with Gasteiger partial charge in [0.15, 0.2) is 0 Å². The molecule has 0 saturated heterocycles. The van der Waals surface area contributed by atoms with E-state index in [9.17, 15) is 4.79 Å². The van der Waals surface area contributed by atoms with Gasteiger partial charge in [0.25, 0.3) is 0 Å². The van der Waals surface area contributed by atoms with Gasteiger partial charge in [0.05, 0.1) is 23.8 Å². The molecule has 1 atom stereocenters. The Morgan fingerprint density at radius 3 is 2.75 bits per heavy atom. The van der Waals surface area contributed by atoms with Crippen molar-refractivity contribution in [2.24, 2.45) is 17.8 Å². The average molecular weight is 278 g/mol. The van der Waals surface area contributed by atoms with Crippen molar-refractivity contribution in [2.75, 3.05) is 6.54 Å². The largest absolute Gasteiger partial charge is 0.354 e. The molecule has 2 rings (SSSR count). The number of rotatable bonds is 5. The Hall–Kier alpha value is -1.36. The lowest BCUT2D eigenvalue weighted by atomic mass is 9.85. The fourth-order valence-corrected chi connectivity index (χ4v) is 2.94. The van der Waals surface area contributed by atoms with Crippen LogP contribution in [0, 0.1) is 17.8 Å². The highest BCUT2D eigenvalue weighted by Gasteiger charge is 2.26. The van der Waals surface area contributed by atoms with Crippen LogP contribution in [-0.2, 0) is 17.8 Å². The van der Waals surface area contributed by atoms with E-state index in [0.29, 0.717) is 30.7 Å². The van der Waals surface area contributed by atoms with Gasteiger partial charge < -0.3 is 10.3 Å². The molecule has 0 aliphatic carbocycles. The number of aromatic nitrogens is 2. The van der Waals surface area contributed by atoms with Gasteiger partial charge >= 0.3 is 0 Å². The SMILES string of the molecule is CC(C)C(CNC(=O)C1Cc2nc[nH]c2CN1)C(C)C. The summed E-state index contributed by atoms with van der Waals surface area (Å²) in [4.78, 5) is 19.6. The number of amides is 1. The molecular formula is C15H26N4O. The fraction of sp³-hybridized carbons (Fsp3) is 0.733. The molecule has 1 unspecified atom stereocenters. The Morgan fingerprint density at radius 1 is 1.40 bits per heavy atom. The molecule has 0 radical (unpaired) electrons. The van der Waals surface area contributed by atoms with Crippen molar-refractivity contribution in [3.05, 3.63) is 17.7 Å². The van der Waals surface area contributed by atoms with Crippen LogP contribution in [0.1, 0.15) is 39.1 Å². The van der Waals surface area contributed by atoms with Crippen LogP contribution < -0.4 is 10.6 Å². The molecule has 3 N–H and O–H groups in total. The van der Waals surface area contributed by atoms with Crippen molar-refractivity contribution in [2.45, 2.75) is 46.7 Å². The summed E-state index contributed by atoms with van der Waals surface area (Å²) in [5.74, 6) is 1.76. The van der Waals surface area contributed by atoms with Crippen LogP contribution in [0.2, 0.25) is 0 Å². The number of nitrogens with one attached hydrogen (secondary N) is 3. The third-order valence-electron chi connectivity index (χ3n) is 4.27. The summed E-state index contributed by atoms with van der Waals surface area (Å²) in [5.41, 5.74) is 2.10. The molecule has 5 nitrogen and oxygen atoms in total. The topological polar surface area (TPSA) is 69.8 Å². The van der Waals surface area contributed by atoms with Gasteiger partial charge in [-0.3, -0.25) is 10.1 Å². The van der Waals surface area contributed by atoms with E-state index in [1.165, 1.54) is 0 Å². The van der Waals surface area contributed by atoms with Gasteiger partial charge in [0, 0.05) is 19.5 Å². The molecule has 1 aliphatic heterocycles. The lowest BCUT2D eigenvalue weighted by molar-refractivity contribution is -0.123. The van der Waals surface area contributed by atoms with Crippen molar-refractivity contribution < 1.29 is 4.79 Å². The third kappa shape index (κ3) is 3.39. The van der Waals surface area contributed by atoms with E-state index < -0.39 is 0 Å². The number of hydrogen-bond acceptors (Lipinski definition) is 3. The molecule has 1 aliphatic rings. The fourth-order valence-electron chi connectivity index (χ4n) is 2.94. The van der Waals surface area contributed by atoms with Gasteiger partial charge in [-0.25, -0.2) is 4.98 Å². The normalized spacial score (nSPS) is 18.6. The van der Waals surface area contributed by atoms with E-state index >= 15 is 0 Å². The van der Waals surface area contributed by atoms with Crippen LogP contribution in [0.5, 0.6) is 0 Å². The minimum Gasteiger partial charge on any atom is -0.354 e. The first-order chi connectivity index (χ1) is 9.49. The molecule has 0 bridgehead atoms. The number of nitrogens with zero attached hydrogens (tertiary/aromatic N) is 1. The highest BCUT2D eigenvalue weighted by Crippen LogP contribution is 2.19. The Kier molecular flexibility index (Phi) is 4.81. The predicted molar refractivity (Wildman–Crippen MR) is 79.1 cm³/mol. The molecule has 0 spiro atoms. The summed E-state index contributed by atoms with van der Waals surface area (Å²) in [7, 11) is 0. The van der Waals surface area contributed by atoms with Gasteiger partial charge in [-0.15, -0.1) is 0 Å². The second-order valence-electron chi connectivity index (χ2n) is 6.36. The van der Waals surface area contributed by atoms with E-state index in [1.807, 2.05) is 0 Å². The minimum atomic E-state index is -0.161. The van der Waals surface area contributed by atoms with Gasteiger partial charge in [-0.1, -0.05) is 27.7 Å². The van der Waals surface area contributed by atoms with E-state index in [-0.39, 0.29) is 11.9 Å². The zero-order valence-corrected chi connectivity index (χ0v) is 12.9. The predicted octanol–water partition coefficient (Wildman–Crippen LogP) is 1.47. The van der Waals surface area contributed by atoms with Crippen molar-refractivity contribution >= 4 is 5.91 Å². The van der Waals surface area contributed by atoms with E-state index in [4.69, 9.17) is 0 Å². The molecule has 2 heterocycles. The molecule has 1 aromatic heterocycles. The van der Waals surface area contributed by atoms with E-state index in [2.05, 4.69) is 48.3 Å². The first-order valence-electron chi connectivity index (χ1n) is 7.51. The Bertz CT molecular complexity index is 444. The van der Waals surface area contributed by atoms with Crippen molar-refractivity contribution in [1.29, 1.82) is 0 Å². The number of carbonyl (C=O) groups excluding carboxylic acids is 1. The van der Waals surface area contributed by atoms with E-state index in [0.717, 1.165) is 17.9 Å². The maximum Gasteiger partial charge on any atom is 0.237 e. The van der Waals surface area contributed by atoms with Gasteiger partial charge in [-0.05, 0) is 17.8 Å². The molecule has 20 heavy (non-hydrogen) atoms. The Labute approximate surface area is 120 Å². The van der Waals surface area contributed by atoms with Crippen LogP contribution in [0.3, 0.4) is 0 Å². The summed E-state index contributed by atoms with van der Waals surface area (Å²) in [6, 6.07) is -0.161. The van der Waals surface area contributed by atoms with E-state index in [1.54, 1.807) is 6.33 Å². The monoisotopic (exact) mass is 278 g/mol. The Morgan fingerprint density at radius 2 is 2.10 bits per heavy atom. The highest BCUT2D eigenvalue weighted by atomic mass is 16.2. The van der Waals surface area contributed by atoms with Crippen LogP contribution in [0.15, 0.2) is 6.33 Å². The summed E-state index contributed by atoms with van der Waals surface area (Å²) in [6.07, 6.45) is 2.36. The highest BCUT2D eigenvalue weighted by molar-refractivity contribution is 5.82. The minimum absolute atomic E-state index is 0.0879. The molecule has 5 heteroatoms. The number of H-pyrrole nitrogens is 1. The smallest absolute Gasteiger partial charge is 0.237 e. The number of aromatic amines is 1. The molecule has 0 fully saturated rings. The molecule has 1 amide bonds. The first-order valence-corrected chi connectivity index (χ1v) is 7.51. The summed E-state index contributed by atoms with van der Waals surface area (Å²) in [5, 5.41) is 6.36. The van der Waals surface area contributed by atoms with Crippen LogP contribution >= 0.6 is 0 Å². The van der Waals surface area contributed by atoms with Gasteiger partial charge in [0.2, 0.25) is 5.91 Å².